The second-order valence-electron chi connectivity index (χ2n) is 4.46. The molecule has 2 aromatic carbocycles. The van der Waals surface area contributed by atoms with Crippen LogP contribution in [0.3, 0.4) is 0 Å². The molecule has 5 heteroatoms. The third-order valence-electron chi connectivity index (χ3n) is 2.83. The Kier molecular flexibility index (Phi) is 4.46. The van der Waals surface area contributed by atoms with Gasteiger partial charge in [0.2, 0.25) is 0 Å². The highest BCUT2D eigenvalue weighted by Crippen LogP contribution is 2.13. The first-order valence-electron chi connectivity index (χ1n) is 6.33. The summed E-state index contributed by atoms with van der Waals surface area (Å²) in [5.74, 6) is -0.0662. The van der Waals surface area contributed by atoms with Crippen LogP contribution in [0, 0.1) is 0 Å². The number of aldehydes is 1. The number of amides is 2. The smallest absolute Gasteiger partial charge is 0.308 e. The zero-order chi connectivity index (χ0) is 15.2. The van der Waals surface area contributed by atoms with E-state index < -0.39 is 6.03 Å². The fourth-order valence-electron chi connectivity index (χ4n) is 1.75. The monoisotopic (exact) mass is 282 g/mol. The Morgan fingerprint density at radius 1 is 0.952 bits per heavy atom. The molecule has 0 bridgehead atoms. The van der Waals surface area contributed by atoms with Crippen LogP contribution in [0.15, 0.2) is 48.5 Å². The third kappa shape index (κ3) is 4.01. The molecule has 0 spiro atoms. The number of rotatable bonds is 4. The van der Waals surface area contributed by atoms with Gasteiger partial charge in [0.1, 0.15) is 6.29 Å². The molecule has 21 heavy (non-hydrogen) atoms. The lowest BCUT2D eigenvalue weighted by Gasteiger charge is -2.08. The summed E-state index contributed by atoms with van der Waals surface area (Å²) in [7, 11) is 0. The van der Waals surface area contributed by atoms with E-state index in [0.717, 1.165) is 6.29 Å². The van der Waals surface area contributed by atoms with Crippen LogP contribution in [0.5, 0.6) is 0 Å². The first-order chi connectivity index (χ1) is 10.1. The van der Waals surface area contributed by atoms with E-state index in [1.807, 2.05) is 0 Å². The van der Waals surface area contributed by atoms with Crippen molar-refractivity contribution in [3.8, 4) is 0 Å². The van der Waals surface area contributed by atoms with E-state index in [9.17, 15) is 14.4 Å². The highest BCUT2D eigenvalue weighted by atomic mass is 16.2. The predicted molar refractivity (Wildman–Crippen MR) is 80.9 cm³/mol. The zero-order valence-corrected chi connectivity index (χ0v) is 11.4. The second-order valence-corrected chi connectivity index (χ2v) is 4.46. The van der Waals surface area contributed by atoms with Crippen molar-refractivity contribution >= 4 is 29.5 Å². The minimum absolute atomic E-state index is 0.0662. The van der Waals surface area contributed by atoms with Crippen molar-refractivity contribution in [3.05, 3.63) is 59.7 Å². The average Bonchev–Trinajstić information content (AvgIpc) is 2.48. The van der Waals surface area contributed by atoms with Crippen molar-refractivity contribution < 1.29 is 14.4 Å². The van der Waals surface area contributed by atoms with E-state index in [1.54, 1.807) is 48.5 Å². The van der Waals surface area contributed by atoms with Crippen molar-refractivity contribution in [1.82, 2.24) is 0 Å². The molecule has 0 aliphatic rings. The van der Waals surface area contributed by atoms with Crippen LogP contribution in [0.4, 0.5) is 16.2 Å². The topological polar surface area (TPSA) is 75.3 Å². The molecule has 0 heterocycles. The highest BCUT2D eigenvalue weighted by molar-refractivity contribution is 6.01. The number of carbonyl (C=O) groups is 3. The van der Waals surface area contributed by atoms with Gasteiger partial charge in [0, 0.05) is 22.5 Å². The van der Waals surface area contributed by atoms with Crippen molar-refractivity contribution in [2.75, 3.05) is 10.6 Å². The summed E-state index contributed by atoms with van der Waals surface area (Å²) in [6.07, 6.45) is 0.733. The van der Waals surface area contributed by atoms with Crippen LogP contribution in [0.25, 0.3) is 0 Å². The Hall–Kier alpha value is -2.95. The van der Waals surface area contributed by atoms with Gasteiger partial charge in [0.25, 0.3) is 0 Å². The fraction of sp³-hybridized carbons (Fsp3) is 0.0625. The number of benzene rings is 2. The van der Waals surface area contributed by atoms with E-state index in [4.69, 9.17) is 0 Å². The molecule has 0 atom stereocenters. The maximum absolute atomic E-state index is 11.8. The Morgan fingerprint density at radius 3 is 2.24 bits per heavy atom. The average molecular weight is 282 g/mol. The zero-order valence-electron chi connectivity index (χ0n) is 11.4. The van der Waals surface area contributed by atoms with Crippen molar-refractivity contribution in [2.45, 2.75) is 6.92 Å². The first-order valence-corrected chi connectivity index (χ1v) is 6.33. The predicted octanol–water partition coefficient (Wildman–Crippen LogP) is 3.35. The normalized spacial score (nSPS) is 9.76. The molecule has 0 saturated heterocycles. The van der Waals surface area contributed by atoms with E-state index in [0.29, 0.717) is 22.5 Å². The number of anilines is 2. The molecule has 2 N–H and O–H groups in total. The van der Waals surface area contributed by atoms with Crippen LogP contribution in [-0.2, 0) is 0 Å². The van der Waals surface area contributed by atoms with Crippen LogP contribution < -0.4 is 10.6 Å². The van der Waals surface area contributed by atoms with Gasteiger partial charge < -0.3 is 10.6 Å². The number of urea groups is 1. The molecule has 2 rings (SSSR count). The lowest BCUT2D eigenvalue weighted by Crippen LogP contribution is -2.19. The number of carbonyl (C=O) groups excluding carboxylic acids is 3. The van der Waals surface area contributed by atoms with E-state index in [2.05, 4.69) is 10.6 Å². The highest BCUT2D eigenvalue weighted by Gasteiger charge is 2.05. The number of nitrogens with one attached hydrogen (secondary N) is 2. The Morgan fingerprint density at radius 2 is 1.62 bits per heavy atom. The van der Waals surface area contributed by atoms with Gasteiger partial charge in [-0.1, -0.05) is 12.1 Å². The Labute approximate surface area is 122 Å². The second kappa shape index (κ2) is 6.47. The molecule has 2 aromatic rings. The van der Waals surface area contributed by atoms with Gasteiger partial charge in [0.15, 0.2) is 5.78 Å². The molecular weight excluding hydrogens is 268 g/mol. The fourth-order valence-corrected chi connectivity index (χ4v) is 1.75. The standard InChI is InChI=1S/C16H14N2O3/c1-11(20)13-3-2-4-15(9-13)18-16(21)17-14-7-5-12(10-19)6-8-14/h2-10H,1H3,(H2,17,18,21). The maximum atomic E-state index is 11.8. The molecular formula is C16H14N2O3. The number of Topliss-reactive ketones (excluding diaryl/α,β-unsaturated/α-hetero) is 1. The summed E-state index contributed by atoms with van der Waals surface area (Å²) >= 11 is 0. The first kappa shape index (κ1) is 14.5. The summed E-state index contributed by atoms with van der Waals surface area (Å²) in [5.41, 5.74) is 2.17. The van der Waals surface area contributed by atoms with Crippen LogP contribution in [-0.4, -0.2) is 18.1 Å². The van der Waals surface area contributed by atoms with E-state index in [1.165, 1.54) is 6.92 Å². The largest absolute Gasteiger partial charge is 0.323 e. The van der Waals surface area contributed by atoms with E-state index >= 15 is 0 Å². The molecule has 0 radical (unpaired) electrons. The van der Waals surface area contributed by atoms with Crippen molar-refractivity contribution in [2.24, 2.45) is 0 Å². The summed E-state index contributed by atoms with van der Waals surface area (Å²) in [4.78, 5) is 33.7. The van der Waals surface area contributed by atoms with Gasteiger partial charge in [-0.25, -0.2) is 4.79 Å². The number of ketones is 1. The van der Waals surface area contributed by atoms with Gasteiger partial charge in [-0.15, -0.1) is 0 Å². The van der Waals surface area contributed by atoms with Crippen LogP contribution in [0.1, 0.15) is 27.6 Å². The lowest BCUT2D eigenvalue weighted by molar-refractivity contribution is 0.101. The molecule has 106 valence electrons. The van der Waals surface area contributed by atoms with Crippen molar-refractivity contribution in [3.63, 3.8) is 0 Å². The summed E-state index contributed by atoms with van der Waals surface area (Å²) in [6, 6.07) is 12.8. The summed E-state index contributed by atoms with van der Waals surface area (Å²) in [5, 5.41) is 5.28. The Balaban J connectivity index is 2.02. The van der Waals surface area contributed by atoms with Crippen LogP contribution in [0.2, 0.25) is 0 Å². The number of hydrogen-bond donors (Lipinski definition) is 2. The Bertz CT molecular complexity index is 678. The van der Waals surface area contributed by atoms with Crippen molar-refractivity contribution in [1.29, 1.82) is 0 Å². The molecule has 0 aliphatic heterocycles. The number of hydrogen-bond acceptors (Lipinski definition) is 3. The molecule has 0 unspecified atom stereocenters. The maximum Gasteiger partial charge on any atom is 0.323 e. The van der Waals surface area contributed by atoms with Gasteiger partial charge in [-0.05, 0) is 43.3 Å². The SMILES string of the molecule is CC(=O)c1cccc(NC(=O)Nc2ccc(C=O)cc2)c1. The van der Waals surface area contributed by atoms with Gasteiger partial charge in [0.05, 0.1) is 0 Å². The molecule has 0 fully saturated rings. The third-order valence-corrected chi connectivity index (χ3v) is 2.83. The van der Waals surface area contributed by atoms with E-state index in [-0.39, 0.29) is 5.78 Å². The molecule has 5 nitrogen and oxygen atoms in total. The molecule has 0 aliphatic carbocycles. The van der Waals surface area contributed by atoms with Gasteiger partial charge >= 0.3 is 6.03 Å². The summed E-state index contributed by atoms with van der Waals surface area (Å²) < 4.78 is 0. The minimum Gasteiger partial charge on any atom is -0.308 e. The summed E-state index contributed by atoms with van der Waals surface area (Å²) in [6.45, 7) is 1.47. The van der Waals surface area contributed by atoms with Crippen LogP contribution >= 0.6 is 0 Å². The molecule has 2 amide bonds. The quantitative estimate of drug-likeness (QED) is 0.667. The van der Waals surface area contributed by atoms with Gasteiger partial charge in [-0.2, -0.15) is 0 Å². The van der Waals surface area contributed by atoms with Gasteiger partial charge in [-0.3, -0.25) is 9.59 Å². The molecule has 0 aromatic heterocycles. The minimum atomic E-state index is -0.422. The molecule has 0 saturated carbocycles. The lowest BCUT2D eigenvalue weighted by atomic mass is 10.1.